The lowest BCUT2D eigenvalue weighted by Gasteiger charge is -2.20. The molecule has 0 saturated carbocycles. The zero-order valence-electron chi connectivity index (χ0n) is 20.1. The van der Waals surface area contributed by atoms with Crippen molar-refractivity contribution in [2.45, 2.75) is 52.7 Å². The molecule has 3 aromatic rings. The zero-order valence-corrected chi connectivity index (χ0v) is 20.1. The Kier molecular flexibility index (Phi) is 7.30. The van der Waals surface area contributed by atoms with Crippen molar-refractivity contribution < 1.29 is 9.26 Å². The molecule has 1 aromatic heterocycles. The first-order valence-corrected chi connectivity index (χ1v) is 12.0. The van der Waals surface area contributed by atoms with E-state index >= 15 is 0 Å². The number of likely N-dealkylation sites (N-methyl/N-ethyl adjacent to an activating group) is 1. The van der Waals surface area contributed by atoms with Gasteiger partial charge in [-0.05, 0) is 69.1 Å². The van der Waals surface area contributed by atoms with Gasteiger partial charge >= 0.3 is 0 Å². The van der Waals surface area contributed by atoms with Crippen LogP contribution in [0.15, 0.2) is 40.9 Å². The number of nitrogens with two attached hydrogens (primary N) is 1. The Morgan fingerprint density at radius 2 is 2.03 bits per heavy atom. The molecule has 2 aromatic carbocycles. The van der Waals surface area contributed by atoms with Gasteiger partial charge < -0.3 is 25.2 Å². The number of rotatable bonds is 10. The van der Waals surface area contributed by atoms with Gasteiger partial charge in [-0.1, -0.05) is 37.2 Å². The predicted octanol–water partition coefficient (Wildman–Crippen LogP) is 4.69. The number of hydrogen-bond donors (Lipinski definition) is 2. The fourth-order valence-electron chi connectivity index (χ4n) is 4.51. The molecule has 7 heteroatoms. The quantitative estimate of drug-likeness (QED) is 0.434. The Balaban J connectivity index is 1.51. The molecule has 0 spiro atoms. The first-order valence-electron chi connectivity index (χ1n) is 12.0. The van der Waals surface area contributed by atoms with Crippen LogP contribution in [0, 0.1) is 0 Å². The van der Waals surface area contributed by atoms with Gasteiger partial charge in [0, 0.05) is 30.3 Å². The van der Waals surface area contributed by atoms with Crippen LogP contribution in [0.5, 0.6) is 5.75 Å². The van der Waals surface area contributed by atoms with Crippen LogP contribution in [0.1, 0.15) is 51.3 Å². The lowest BCUT2D eigenvalue weighted by atomic mass is 10.0. The van der Waals surface area contributed by atoms with Gasteiger partial charge in [0.05, 0.1) is 11.8 Å². The summed E-state index contributed by atoms with van der Waals surface area (Å²) in [6.45, 7) is 12.6. The first-order chi connectivity index (χ1) is 16.0. The van der Waals surface area contributed by atoms with Crippen molar-refractivity contribution in [3.05, 3.63) is 47.5 Å². The van der Waals surface area contributed by atoms with E-state index in [4.69, 9.17) is 20.0 Å². The Hall–Kier alpha value is -2.90. The maximum absolute atomic E-state index is 6.17. The van der Waals surface area contributed by atoms with Crippen LogP contribution in [0.4, 0.5) is 5.69 Å². The highest BCUT2D eigenvalue weighted by Gasteiger charge is 2.26. The van der Waals surface area contributed by atoms with Crippen LogP contribution in [0.2, 0.25) is 0 Å². The van der Waals surface area contributed by atoms with E-state index in [1.54, 1.807) is 0 Å². The summed E-state index contributed by atoms with van der Waals surface area (Å²) in [7, 11) is 0. The molecular weight excluding hydrogens is 414 g/mol. The van der Waals surface area contributed by atoms with Crippen LogP contribution >= 0.6 is 0 Å². The highest BCUT2D eigenvalue weighted by atomic mass is 16.5. The van der Waals surface area contributed by atoms with E-state index in [-0.39, 0.29) is 6.10 Å². The minimum Gasteiger partial charge on any atom is -0.489 e. The van der Waals surface area contributed by atoms with Gasteiger partial charge in [0.15, 0.2) is 0 Å². The number of nitrogens with one attached hydrogen (secondary N) is 1. The Morgan fingerprint density at radius 1 is 1.21 bits per heavy atom. The molecule has 0 fully saturated rings. The Labute approximate surface area is 196 Å². The van der Waals surface area contributed by atoms with E-state index in [0.29, 0.717) is 29.2 Å². The fourth-order valence-corrected chi connectivity index (χ4v) is 4.51. The van der Waals surface area contributed by atoms with E-state index in [2.05, 4.69) is 47.4 Å². The highest BCUT2D eigenvalue weighted by molar-refractivity contribution is 5.69. The summed E-state index contributed by atoms with van der Waals surface area (Å²) in [5, 5.41) is 8.03. The van der Waals surface area contributed by atoms with Crippen LogP contribution in [0.3, 0.4) is 0 Å². The molecule has 0 bridgehead atoms. The minimum absolute atomic E-state index is 0.0591. The summed E-state index contributed by atoms with van der Waals surface area (Å²) >= 11 is 0. The van der Waals surface area contributed by atoms with Crippen molar-refractivity contribution in [1.29, 1.82) is 0 Å². The SMILES string of the molecule is CCN(CC)CCNC1CCc2c(-c3noc(-c4ccc(OC(C)C)c(N)c4)n3)cccc21. The molecule has 1 heterocycles. The molecule has 3 N–H and O–H groups in total. The number of aromatic nitrogens is 2. The van der Waals surface area contributed by atoms with Crippen LogP contribution in [-0.4, -0.2) is 47.3 Å². The third-order valence-corrected chi connectivity index (χ3v) is 6.27. The van der Waals surface area contributed by atoms with E-state index in [0.717, 1.165) is 50.1 Å². The number of anilines is 1. The number of nitrogen functional groups attached to an aromatic ring is 1. The maximum atomic E-state index is 6.17. The Bertz CT molecular complexity index is 1070. The normalized spacial score (nSPS) is 15.4. The summed E-state index contributed by atoms with van der Waals surface area (Å²) in [4.78, 5) is 7.13. The summed E-state index contributed by atoms with van der Waals surface area (Å²) in [6.07, 6.45) is 2.15. The average molecular weight is 450 g/mol. The summed E-state index contributed by atoms with van der Waals surface area (Å²) in [6, 6.07) is 12.3. The molecular formula is C26H35N5O2. The van der Waals surface area contributed by atoms with Crippen molar-refractivity contribution in [3.63, 3.8) is 0 Å². The van der Waals surface area contributed by atoms with Gasteiger partial charge in [-0.15, -0.1) is 0 Å². The number of ether oxygens (including phenoxy) is 1. The standard InChI is InChI=1S/C26H35N5O2/c1-5-31(6-2)15-14-28-23-12-11-19-20(23)8-7-9-21(19)25-29-26(33-30-25)18-10-13-24(22(27)16-18)32-17(3)4/h7-10,13,16-17,23,28H,5-6,11-12,14-15,27H2,1-4H3. The second-order valence-electron chi connectivity index (χ2n) is 8.79. The lowest BCUT2D eigenvalue weighted by molar-refractivity contribution is 0.244. The number of hydrogen-bond acceptors (Lipinski definition) is 7. The van der Waals surface area contributed by atoms with Crippen LogP contribution in [-0.2, 0) is 6.42 Å². The minimum atomic E-state index is 0.0591. The lowest BCUT2D eigenvalue weighted by Crippen LogP contribution is -2.33. The van der Waals surface area contributed by atoms with Gasteiger partial charge in [0.2, 0.25) is 5.82 Å². The van der Waals surface area contributed by atoms with E-state index in [1.165, 1.54) is 11.1 Å². The molecule has 4 rings (SSSR count). The fraction of sp³-hybridized carbons (Fsp3) is 0.462. The van der Waals surface area contributed by atoms with E-state index in [1.807, 2.05) is 32.0 Å². The topological polar surface area (TPSA) is 89.4 Å². The molecule has 1 aliphatic rings. The molecule has 1 aliphatic carbocycles. The van der Waals surface area contributed by atoms with Crippen molar-refractivity contribution in [1.82, 2.24) is 20.4 Å². The molecule has 1 unspecified atom stereocenters. The summed E-state index contributed by atoms with van der Waals surface area (Å²) in [5.74, 6) is 1.73. The van der Waals surface area contributed by atoms with Crippen molar-refractivity contribution >= 4 is 5.69 Å². The van der Waals surface area contributed by atoms with Crippen LogP contribution < -0.4 is 15.8 Å². The van der Waals surface area contributed by atoms with Gasteiger partial charge in [-0.25, -0.2) is 0 Å². The number of nitrogens with zero attached hydrogens (tertiary/aromatic N) is 3. The van der Waals surface area contributed by atoms with Gasteiger partial charge in [0.1, 0.15) is 5.75 Å². The second kappa shape index (κ2) is 10.4. The third-order valence-electron chi connectivity index (χ3n) is 6.27. The second-order valence-corrected chi connectivity index (χ2v) is 8.79. The maximum Gasteiger partial charge on any atom is 0.258 e. The van der Waals surface area contributed by atoms with E-state index in [9.17, 15) is 0 Å². The largest absolute Gasteiger partial charge is 0.489 e. The van der Waals surface area contributed by atoms with Crippen molar-refractivity contribution in [2.24, 2.45) is 0 Å². The molecule has 0 radical (unpaired) electrons. The van der Waals surface area contributed by atoms with Gasteiger partial charge in [-0.3, -0.25) is 0 Å². The van der Waals surface area contributed by atoms with Gasteiger partial charge in [0.25, 0.3) is 5.89 Å². The molecule has 0 aliphatic heterocycles. The van der Waals surface area contributed by atoms with Crippen molar-refractivity contribution in [2.75, 3.05) is 31.9 Å². The summed E-state index contributed by atoms with van der Waals surface area (Å²) in [5.41, 5.74) is 11.2. The first kappa shape index (κ1) is 23.3. The Morgan fingerprint density at radius 3 is 2.76 bits per heavy atom. The third kappa shape index (κ3) is 5.20. The molecule has 7 nitrogen and oxygen atoms in total. The number of benzene rings is 2. The van der Waals surface area contributed by atoms with Crippen molar-refractivity contribution in [3.8, 4) is 28.6 Å². The molecule has 0 saturated heterocycles. The van der Waals surface area contributed by atoms with Crippen LogP contribution in [0.25, 0.3) is 22.8 Å². The average Bonchev–Trinajstić information content (AvgIpc) is 3.45. The molecule has 33 heavy (non-hydrogen) atoms. The highest BCUT2D eigenvalue weighted by Crippen LogP contribution is 2.37. The van der Waals surface area contributed by atoms with E-state index < -0.39 is 0 Å². The monoisotopic (exact) mass is 449 g/mol. The summed E-state index contributed by atoms with van der Waals surface area (Å²) < 4.78 is 11.3. The predicted molar refractivity (Wildman–Crippen MR) is 132 cm³/mol. The number of fused-ring (bicyclic) bond motifs is 1. The zero-order chi connectivity index (χ0) is 23.4. The molecule has 0 amide bonds. The molecule has 1 atom stereocenters. The van der Waals surface area contributed by atoms with Gasteiger partial charge in [-0.2, -0.15) is 4.98 Å². The molecule has 176 valence electrons. The smallest absolute Gasteiger partial charge is 0.258 e.